The van der Waals surface area contributed by atoms with Crippen LogP contribution in [-0.2, 0) is 15.7 Å². The van der Waals surface area contributed by atoms with Crippen LogP contribution in [0.25, 0.3) is 22.8 Å². The Bertz CT molecular complexity index is 1350. The smallest absolute Gasteiger partial charge is 0.416 e. The number of anilines is 1. The molecule has 9 heteroatoms. The Labute approximate surface area is 205 Å². The first-order chi connectivity index (χ1) is 17.5. The lowest BCUT2D eigenvalue weighted by Crippen LogP contribution is -2.25. The highest BCUT2D eigenvalue weighted by molar-refractivity contribution is 5.75. The molecule has 2 heterocycles. The Morgan fingerprint density at radius 1 is 1.08 bits per heavy atom. The summed E-state index contributed by atoms with van der Waals surface area (Å²) < 4.78 is 50.5. The quantitative estimate of drug-likeness (QED) is 0.373. The van der Waals surface area contributed by atoms with Crippen molar-refractivity contribution in [2.24, 2.45) is 0 Å². The van der Waals surface area contributed by atoms with Crippen LogP contribution in [0.3, 0.4) is 0 Å². The topological polar surface area (TPSA) is 72.1 Å². The summed E-state index contributed by atoms with van der Waals surface area (Å²) in [7, 11) is 0. The van der Waals surface area contributed by atoms with Crippen molar-refractivity contribution in [2.45, 2.75) is 31.5 Å². The number of alkyl halides is 3. The normalized spacial score (nSPS) is 16.0. The number of aromatic nitrogens is 3. The van der Waals surface area contributed by atoms with E-state index in [4.69, 9.17) is 9.47 Å². The molecule has 2 N–H and O–H groups in total. The second-order valence-corrected chi connectivity index (χ2v) is 8.37. The number of rotatable bonds is 7. The summed E-state index contributed by atoms with van der Waals surface area (Å²) in [6.45, 7) is 0. The first-order valence-corrected chi connectivity index (χ1v) is 11.4. The fraction of sp³-hybridized carbons (Fsp3) is 0.185. The number of nitrogens with one attached hydrogen (secondary N) is 2. The third-order valence-corrected chi connectivity index (χ3v) is 5.88. The molecule has 1 aromatic heterocycles. The van der Waals surface area contributed by atoms with Crippen molar-refractivity contribution in [3.05, 3.63) is 102 Å². The van der Waals surface area contributed by atoms with Crippen LogP contribution < -0.4 is 5.32 Å². The first-order valence-electron chi connectivity index (χ1n) is 11.4. The molecule has 1 aliphatic heterocycles. The molecular formula is C27H23F3N4O2. The second kappa shape index (κ2) is 10.2. The number of allylic oxidation sites excluding steroid dienone is 3. The van der Waals surface area contributed by atoms with Gasteiger partial charge in [0.25, 0.3) is 0 Å². The number of halogens is 3. The molecule has 2 aliphatic rings. The molecule has 0 fully saturated rings. The van der Waals surface area contributed by atoms with Crippen LogP contribution in [0.15, 0.2) is 96.9 Å². The molecule has 3 aromatic rings. The van der Waals surface area contributed by atoms with Crippen molar-refractivity contribution in [2.75, 3.05) is 5.32 Å². The van der Waals surface area contributed by atoms with E-state index >= 15 is 0 Å². The Morgan fingerprint density at radius 3 is 2.75 bits per heavy atom. The summed E-state index contributed by atoms with van der Waals surface area (Å²) in [5, 5.41) is 10.6. The number of para-hydroxylation sites is 1. The number of hydrogen-bond donors (Lipinski definition) is 2. The van der Waals surface area contributed by atoms with Crippen molar-refractivity contribution < 1.29 is 22.6 Å². The van der Waals surface area contributed by atoms with Gasteiger partial charge in [0.1, 0.15) is 18.8 Å². The van der Waals surface area contributed by atoms with Gasteiger partial charge in [-0.05, 0) is 43.5 Å². The molecule has 1 atom stereocenters. The van der Waals surface area contributed by atoms with Gasteiger partial charge in [0.15, 0.2) is 17.4 Å². The molecule has 6 nitrogen and oxygen atoms in total. The maximum absolute atomic E-state index is 13.2. The van der Waals surface area contributed by atoms with Gasteiger partial charge in [-0.3, -0.25) is 5.10 Å². The number of H-pyrrole nitrogens is 1. The van der Waals surface area contributed by atoms with Gasteiger partial charge < -0.3 is 14.8 Å². The van der Waals surface area contributed by atoms with E-state index in [2.05, 4.69) is 38.7 Å². The number of benzene rings is 2. The predicted molar refractivity (Wildman–Crippen MR) is 130 cm³/mol. The number of ether oxygens (including phenoxy) is 2. The predicted octanol–water partition coefficient (Wildman–Crippen LogP) is 6.96. The minimum absolute atomic E-state index is 0.179. The fourth-order valence-corrected chi connectivity index (χ4v) is 4.09. The van der Waals surface area contributed by atoms with Gasteiger partial charge in [-0.1, -0.05) is 48.1 Å². The van der Waals surface area contributed by atoms with Crippen molar-refractivity contribution in [1.29, 1.82) is 0 Å². The minimum atomic E-state index is -4.45. The van der Waals surface area contributed by atoms with E-state index in [0.29, 0.717) is 18.0 Å². The van der Waals surface area contributed by atoms with E-state index in [1.54, 1.807) is 12.3 Å². The summed E-state index contributed by atoms with van der Waals surface area (Å²) in [5.74, 6) is 1.24. The highest BCUT2D eigenvalue weighted by Crippen LogP contribution is 2.33. The molecule has 0 amide bonds. The zero-order valence-electron chi connectivity index (χ0n) is 19.1. The van der Waals surface area contributed by atoms with Crippen LogP contribution in [-0.4, -0.2) is 21.2 Å². The first kappa shape index (κ1) is 23.5. The monoisotopic (exact) mass is 492 g/mol. The maximum Gasteiger partial charge on any atom is 0.416 e. The highest BCUT2D eigenvalue weighted by Gasteiger charge is 2.31. The average Bonchev–Trinajstić information content (AvgIpc) is 3.40. The molecule has 0 saturated heterocycles. The largest absolute Gasteiger partial charge is 0.466 e. The molecule has 0 radical (unpaired) electrons. The van der Waals surface area contributed by atoms with E-state index < -0.39 is 11.7 Å². The minimum Gasteiger partial charge on any atom is -0.466 e. The molecule has 0 bridgehead atoms. The zero-order valence-corrected chi connectivity index (χ0v) is 19.1. The lowest BCUT2D eigenvalue weighted by Gasteiger charge is -2.25. The van der Waals surface area contributed by atoms with Crippen LogP contribution in [0.4, 0.5) is 18.9 Å². The SMILES string of the molecule is FC(F)(F)c1cccc(-c2n[nH]c(-c3ccccc3NC(CC3=CC=CCC3)C3=COC=CO3)n2)c1. The van der Waals surface area contributed by atoms with Gasteiger partial charge in [-0.2, -0.15) is 18.3 Å². The summed E-state index contributed by atoms with van der Waals surface area (Å²) in [6.07, 6.45) is 9.03. The Hall–Kier alpha value is -4.27. The van der Waals surface area contributed by atoms with Gasteiger partial charge >= 0.3 is 6.18 Å². The van der Waals surface area contributed by atoms with E-state index in [-0.39, 0.29) is 17.4 Å². The lowest BCUT2D eigenvalue weighted by molar-refractivity contribution is -0.137. The van der Waals surface area contributed by atoms with E-state index in [1.807, 2.05) is 24.3 Å². The number of hydrogen-bond acceptors (Lipinski definition) is 5. The van der Waals surface area contributed by atoms with Crippen LogP contribution in [0.5, 0.6) is 0 Å². The number of nitrogens with zero attached hydrogens (tertiary/aromatic N) is 2. The third-order valence-electron chi connectivity index (χ3n) is 5.88. The van der Waals surface area contributed by atoms with Crippen LogP contribution >= 0.6 is 0 Å². The second-order valence-electron chi connectivity index (χ2n) is 8.37. The number of aromatic amines is 1. The lowest BCUT2D eigenvalue weighted by atomic mass is 9.96. The van der Waals surface area contributed by atoms with E-state index in [9.17, 15) is 13.2 Å². The Balaban J connectivity index is 1.43. The fourth-order valence-electron chi connectivity index (χ4n) is 4.09. The van der Waals surface area contributed by atoms with Gasteiger partial charge in [-0.15, -0.1) is 0 Å². The van der Waals surface area contributed by atoms with Crippen molar-refractivity contribution in [3.63, 3.8) is 0 Å². The van der Waals surface area contributed by atoms with Crippen LogP contribution in [0.1, 0.15) is 24.8 Å². The highest BCUT2D eigenvalue weighted by atomic mass is 19.4. The van der Waals surface area contributed by atoms with Crippen LogP contribution in [0.2, 0.25) is 0 Å². The molecule has 36 heavy (non-hydrogen) atoms. The Kier molecular flexibility index (Phi) is 6.62. The van der Waals surface area contributed by atoms with Crippen LogP contribution in [0, 0.1) is 0 Å². The van der Waals surface area contributed by atoms with Crippen molar-refractivity contribution in [3.8, 4) is 22.8 Å². The molecule has 1 aliphatic carbocycles. The van der Waals surface area contributed by atoms with Gasteiger partial charge in [0.2, 0.25) is 0 Å². The Morgan fingerprint density at radius 2 is 1.97 bits per heavy atom. The molecule has 5 rings (SSSR count). The summed E-state index contributed by atoms with van der Waals surface area (Å²) in [5.41, 5.74) is 2.29. The molecule has 0 spiro atoms. The maximum atomic E-state index is 13.2. The molecule has 0 saturated carbocycles. The molecule has 2 aromatic carbocycles. The third kappa shape index (κ3) is 5.35. The average molecular weight is 493 g/mol. The summed E-state index contributed by atoms with van der Waals surface area (Å²) in [6, 6.07) is 12.3. The summed E-state index contributed by atoms with van der Waals surface area (Å²) >= 11 is 0. The van der Waals surface area contributed by atoms with Gasteiger partial charge in [-0.25, -0.2) is 4.98 Å². The van der Waals surface area contributed by atoms with Crippen molar-refractivity contribution in [1.82, 2.24) is 15.2 Å². The van der Waals surface area contributed by atoms with E-state index in [1.165, 1.54) is 24.2 Å². The zero-order chi connectivity index (χ0) is 25.0. The van der Waals surface area contributed by atoms with Crippen molar-refractivity contribution >= 4 is 5.69 Å². The molecular weight excluding hydrogens is 469 g/mol. The molecule has 1 unspecified atom stereocenters. The van der Waals surface area contributed by atoms with E-state index in [0.717, 1.165) is 36.2 Å². The standard InChI is InChI=1S/C27H23F3N4O2/c28-27(29,30)20-10-6-9-19(16-20)25-32-26(34-33-25)21-11-4-5-12-22(21)31-23(24-17-35-13-14-36-24)15-18-7-2-1-3-8-18/h1-2,4-7,9-14,16-17,23,31H,3,8,15H2,(H,32,33,34). The molecule has 184 valence electrons. The van der Waals surface area contributed by atoms with Gasteiger partial charge in [0.05, 0.1) is 11.6 Å². The summed E-state index contributed by atoms with van der Waals surface area (Å²) in [4.78, 5) is 4.49. The van der Waals surface area contributed by atoms with Gasteiger partial charge in [0, 0.05) is 16.8 Å².